The van der Waals surface area contributed by atoms with Crippen LogP contribution in [0.1, 0.15) is 42.9 Å². The lowest BCUT2D eigenvalue weighted by Gasteiger charge is -2.33. The second-order valence-electron chi connectivity index (χ2n) is 8.19. The molecule has 3 aromatic rings. The van der Waals surface area contributed by atoms with Gasteiger partial charge in [0.1, 0.15) is 5.75 Å². The first kappa shape index (κ1) is 22.0. The summed E-state index contributed by atoms with van der Waals surface area (Å²) in [4.78, 5) is 17.9. The molecular weight excluding hydrogens is 419 g/mol. The molecule has 1 unspecified atom stereocenters. The van der Waals surface area contributed by atoms with Crippen LogP contribution in [0, 0.1) is 0 Å². The van der Waals surface area contributed by atoms with Gasteiger partial charge < -0.3 is 19.9 Å². The van der Waals surface area contributed by atoms with E-state index in [1.165, 1.54) is 23.1 Å². The Labute approximate surface area is 184 Å². The standard InChI is InChI=1S/C24H26F3N3O2/c1-16(17-6-8-19(9-7-17)32-15-24(25,26)27)29-23(31)30-12-10-18(11-13-30)21-14-28-22-5-3-2-4-20(21)22/h2-9,14,16,18,28H,10-13,15H2,1H3,(H,29,31). The van der Waals surface area contributed by atoms with Gasteiger partial charge in [0, 0.05) is 30.2 Å². The average Bonchev–Trinajstić information content (AvgIpc) is 3.22. The van der Waals surface area contributed by atoms with Crippen LogP contribution in [0.3, 0.4) is 0 Å². The number of rotatable bonds is 5. The van der Waals surface area contributed by atoms with Gasteiger partial charge in [-0.15, -0.1) is 0 Å². The molecular formula is C24H26F3N3O2. The second-order valence-corrected chi connectivity index (χ2v) is 8.19. The Morgan fingerprint density at radius 1 is 1.16 bits per heavy atom. The first-order chi connectivity index (χ1) is 15.3. The molecule has 4 rings (SSSR count). The monoisotopic (exact) mass is 445 g/mol. The van der Waals surface area contributed by atoms with Crippen molar-refractivity contribution in [1.29, 1.82) is 0 Å². The van der Waals surface area contributed by atoms with Gasteiger partial charge in [-0.3, -0.25) is 0 Å². The number of hydrogen-bond donors (Lipinski definition) is 2. The summed E-state index contributed by atoms with van der Waals surface area (Å²) in [6.45, 7) is 1.87. The number of alkyl halides is 3. The van der Waals surface area contributed by atoms with Crippen LogP contribution in [-0.4, -0.2) is 41.8 Å². The Hall–Kier alpha value is -3.16. The first-order valence-corrected chi connectivity index (χ1v) is 10.7. The van der Waals surface area contributed by atoms with E-state index in [0.29, 0.717) is 19.0 Å². The van der Waals surface area contributed by atoms with E-state index >= 15 is 0 Å². The number of carbonyl (C=O) groups is 1. The second kappa shape index (κ2) is 9.14. The van der Waals surface area contributed by atoms with Crippen LogP contribution in [0.5, 0.6) is 5.75 Å². The summed E-state index contributed by atoms with van der Waals surface area (Å²) < 4.78 is 41.5. The van der Waals surface area contributed by atoms with E-state index in [2.05, 4.69) is 28.6 Å². The van der Waals surface area contributed by atoms with Crippen LogP contribution >= 0.6 is 0 Å². The van der Waals surface area contributed by atoms with Crippen molar-refractivity contribution in [3.8, 4) is 5.75 Å². The first-order valence-electron chi connectivity index (χ1n) is 10.7. The van der Waals surface area contributed by atoms with Crippen molar-refractivity contribution in [2.75, 3.05) is 19.7 Å². The number of piperidine rings is 1. The van der Waals surface area contributed by atoms with E-state index in [-0.39, 0.29) is 17.8 Å². The SMILES string of the molecule is CC(NC(=O)N1CCC(c2c[nH]c3ccccc23)CC1)c1ccc(OCC(F)(F)F)cc1. The van der Waals surface area contributed by atoms with Crippen LogP contribution in [0.15, 0.2) is 54.7 Å². The van der Waals surface area contributed by atoms with Crippen molar-refractivity contribution in [1.82, 2.24) is 15.2 Å². The third kappa shape index (κ3) is 5.18. The Balaban J connectivity index is 1.29. The maximum Gasteiger partial charge on any atom is 0.422 e. The predicted molar refractivity (Wildman–Crippen MR) is 117 cm³/mol. The summed E-state index contributed by atoms with van der Waals surface area (Å²) in [6.07, 6.45) is -0.499. The predicted octanol–water partition coefficient (Wildman–Crippen LogP) is 5.76. The van der Waals surface area contributed by atoms with Gasteiger partial charge in [0.2, 0.25) is 0 Å². The van der Waals surface area contributed by atoms with E-state index in [9.17, 15) is 18.0 Å². The number of likely N-dealkylation sites (tertiary alicyclic amines) is 1. The average molecular weight is 445 g/mol. The minimum Gasteiger partial charge on any atom is -0.484 e. The summed E-state index contributed by atoms with van der Waals surface area (Å²) in [7, 11) is 0. The zero-order valence-electron chi connectivity index (χ0n) is 17.8. The van der Waals surface area contributed by atoms with E-state index in [1.807, 2.05) is 24.0 Å². The summed E-state index contributed by atoms with van der Waals surface area (Å²) in [5.41, 5.74) is 3.24. The Bertz CT molecular complexity index is 1050. The summed E-state index contributed by atoms with van der Waals surface area (Å²) in [5, 5.41) is 4.22. The fourth-order valence-electron chi connectivity index (χ4n) is 4.20. The van der Waals surface area contributed by atoms with Gasteiger partial charge >= 0.3 is 12.2 Å². The Morgan fingerprint density at radius 3 is 2.53 bits per heavy atom. The lowest BCUT2D eigenvalue weighted by atomic mass is 9.89. The zero-order valence-corrected chi connectivity index (χ0v) is 17.8. The number of para-hydroxylation sites is 1. The van der Waals surface area contributed by atoms with Crippen molar-refractivity contribution in [2.45, 2.75) is 37.9 Å². The maximum atomic E-state index is 12.7. The highest BCUT2D eigenvalue weighted by atomic mass is 19.4. The number of hydrogen-bond acceptors (Lipinski definition) is 2. The largest absolute Gasteiger partial charge is 0.484 e. The highest BCUT2D eigenvalue weighted by Crippen LogP contribution is 2.33. The molecule has 0 bridgehead atoms. The number of amides is 2. The third-order valence-electron chi connectivity index (χ3n) is 5.97. The zero-order chi connectivity index (χ0) is 22.7. The number of ether oxygens (including phenoxy) is 1. The number of halogens is 3. The molecule has 32 heavy (non-hydrogen) atoms. The van der Waals surface area contributed by atoms with Crippen LogP contribution in [0.4, 0.5) is 18.0 Å². The van der Waals surface area contributed by atoms with Gasteiger partial charge in [-0.1, -0.05) is 30.3 Å². The van der Waals surface area contributed by atoms with Gasteiger partial charge in [0.15, 0.2) is 6.61 Å². The normalized spacial score (nSPS) is 16.2. The minimum absolute atomic E-state index is 0.132. The minimum atomic E-state index is -4.37. The molecule has 0 radical (unpaired) electrons. The molecule has 2 aromatic carbocycles. The summed E-state index contributed by atoms with van der Waals surface area (Å²) >= 11 is 0. The quantitative estimate of drug-likeness (QED) is 0.525. The third-order valence-corrected chi connectivity index (χ3v) is 5.97. The molecule has 1 aliphatic heterocycles. The highest BCUT2D eigenvalue weighted by molar-refractivity contribution is 5.83. The molecule has 5 nitrogen and oxygen atoms in total. The number of nitrogens with one attached hydrogen (secondary N) is 2. The van der Waals surface area contributed by atoms with Crippen LogP contribution in [-0.2, 0) is 0 Å². The fourth-order valence-corrected chi connectivity index (χ4v) is 4.20. The molecule has 2 N–H and O–H groups in total. The molecule has 2 heterocycles. The number of benzene rings is 2. The number of urea groups is 1. The number of nitrogens with zero attached hydrogens (tertiary/aromatic N) is 1. The van der Waals surface area contributed by atoms with Crippen LogP contribution in [0.25, 0.3) is 10.9 Å². The lowest BCUT2D eigenvalue weighted by Crippen LogP contribution is -2.44. The highest BCUT2D eigenvalue weighted by Gasteiger charge is 2.28. The molecule has 0 spiro atoms. The van der Waals surface area contributed by atoms with Crippen molar-refractivity contribution in [2.24, 2.45) is 0 Å². The number of aromatic nitrogens is 1. The Morgan fingerprint density at radius 2 is 1.84 bits per heavy atom. The number of H-pyrrole nitrogens is 1. The van der Waals surface area contributed by atoms with Gasteiger partial charge in [0.25, 0.3) is 0 Å². The fraction of sp³-hybridized carbons (Fsp3) is 0.375. The molecule has 170 valence electrons. The Kier molecular flexibility index (Phi) is 6.30. The van der Waals surface area contributed by atoms with E-state index in [1.54, 1.807) is 12.1 Å². The van der Waals surface area contributed by atoms with Crippen molar-refractivity contribution in [3.63, 3.8) is 0 Å². The van der Waals surface area contributed by atoms with Gasteiger partial charge in [0.05, 0.1) is 6.04 Å². The number of fused-ring (bicyclic) bond motifs is 1. The van der Waals surface area contributed by atoms with E-state index in [4.69, 9.17) is 4.74 Å². The molecule has 1 aromatic heterocycles. The molecule has 2 amide bonds. The van der Waals surface area contributed by atoms with Crippen molar-refractivity contribution in [3.05, 3.63) is 65.9 Å². The summed E-state index contributed by atoms with van der Waals surface area (Å²) in [5.74, 6) is 0.556. The number of aromatic amines is 1. The maximum absolute atomic E-state index is 12.7. The molecule has 0 saturated carbocycles. The number of carbonyl (C=O) groups excluding carboxylic acids is 1. The van der Waals surface area contributed by atoms with E-state index in [0.717, 1.165) is 23.9 Å². The van der Waals surface area contributed by atoms with E-state index < -0.39 is 12.8 Å². The summed E-state index contributed by atoms with van der Waals surface area (Å²) in [6, 6.07) is 14.1. The molecule has 1 atom stereocenters. The van der Waals surface area contributed by atoms with Gasteiger partial charge in [-0.2, -0.15) is 13.2 Å². The van der Waals surface area contributed by atoms with Gasteiger partial charge in [-0.25, -0.2) is 4.79 Å². The molecule has 0 aliphatic carbocycles. The molecule has 1 aliphatic rings. The topological polar surface area (TPSA) is 57.4 Å². The van der Waals surface area contributed by atoms with Crippen molar-refractivity contribution < 1.29 is 22.7 Å². The van der Waals surface area contributed by atoms with Crippen LogP contribution < -0.4 is 10.1 Å². The molecule has 1 fully saturated rings. The molecule has 1 saturated heterocycles. The smallest absolute Gasteiger partial charge is 0.422 e. The molecule has 8 heteroatoms. The van der Waals surface area contributed by atoms with Crippen molar-refractivity contribution >= 4 is 16.9 Å². The lowest BCUT2D eigenvalue weighted by molar-refractivity contribution is -0.153. The van der Waals surface area contributed by atoms with Crippen LogP contribution in [0.2, 0.25) is 0 Å². The van der Waals surface area contributed by atoms with Gasteiger partial charge in [-0.05, 0) is 55.0 Å².